The van der Waals surface area contributed by atoms with Gasteiger partial charge in [-0.2, -0.15) is 0 Å². The summed E-state index contributed by atoms with van der Waals surface area (Å²) in [7, 11) is 0. The number of thioether (sulfide) groups is 1. The summed E-state index contributed by atoms with van der Waals surface area (Å²) in [6.07, 6.45) is 11.6. The second kappa shape index (κ2) is 7.63. The minimum absolute atomic E-state index is 0.655. The standard InChI is InChI=1S/C16H28N4S/c1-2-11-17-13-8-5-6-9-14(13)21-16-19-18-15-10-4-3-7-12-20(15)16/h13-14,17H,2-12H2,1H3. The number of fused-ring (bicyclic) bond motifs is 1. The van der Waals surface area contributed by atoms with Crippen molar-refractivity contribution < 1.29 is 0 Å². The second-order valence-electron chi connectivity index (χ2n) is 6.36. The van der Waals surface area contributed by atoms with Crippen molar-refractivity contribution in [2.24, 2.45) is 0 Å². The predicted molar refractivity (Wildman–Crippen MR) is 87.8 cm³/mol. The first kappa shape index (κ1) is 15.3. The highest BCUT2D eigenvalue weighted by Crippen LogP contribution is 2.34. The lowest BCUT2D eigenvalue weighted by molar-refractivity contribution is 0.384. The largest absolute Gasteiger partial charge is 0.313 e. The van der Waals surface area contributed by atoms with Gasteiger partial charge in [-0.25, -0.2) is 0 Å². The van der Waals surface area contributed by atoms with Crippen LogP contribution in [0.5, 0.6) is 0 Å². The topological polar surface area (TPSA) is 42.7 Å². The van der Waals surface area contributed by atoms with Crippen LogP contribution in [-0.2, 0) is 13.0 Å². The number of rotatable bonds is 5. The van der Waals surface area contributed by atoms with Gasteiger partial charge in [0.15, 0.2) is 5.16 Å². The van der Waals surface area contributed by atoms with Crippen LogP contribution in [0.4, 0.5) is 0 Å². The Kier molecular flexibility index (Phi) is 5.58. The molecule has 1 aliphatic carbocycles. The van der Waals surface area contributed by atoms with E-state index in [4.69, 9.17) is 0 Å². The van der Waals surface area contributed by atoms with Crippen molar-refractivity contribution in [1.29, 1.82) is 0 Å². The highest BCUT2D eigenvalue weighted by molar-refractivity contribution is 7.99. The molecule has 0 aromatic carbocycles. The van der Waals surface area contributed by atoms with Crippen LogP contribution in [-0.4, -0.2) is 32.6 Å². The van der Waals surface area contributed by atoms with E-state index in [2.05, 4.69) is 27.0 Å². The molecule has 5 heteroatoms. The number of hydrogen-bond donors (Lipinski definition) is 1. The fourth-order valence-corrected chi connectivity index (χ4v) is 4.85. The molecule has 0 spiro atoms. The van der Waals surface area contributed by atoms with Crippen LogP contribution in [0.2, 0.25) is 0 Å². The number of hydrogen-bond acceptors (Lipinski definition) is 4. The molecule has 0 saturated heterocycles. The first-order valence-electron chi connectivity index (χ1n) is 8.70. The maximum atomic E-state index is 4.50. The molecule has 1 aromatic rings. The molecular formula is C16H28N4S. The Morgan fingerprint density at radius 2 is 2.05 bits per heavy atom. The molecule has 0 bridgehead atoms. The van der Waals surface area contributed by atoms with E-state index in [1.807, 2.05) is 11.8 Å². The van der Waals surface area contributed by atoms with Crippen LogP contribution in [0.3, 0.4) is 0 Å². The third-order valence-corrected chi connectivity index (χ3v) is 6.07. The van der Waals surface area contributed by atoms with Gasteiger partial charge < -0.3 is 9.88 Å². The Morgan fingerprint density at radius 3 is 2.95 bits per heavy atom. The van der Waals surface area contributed by atoms with Crippen LogP contribution in [0.1, 0.15) is 64.1 Å². The molecular weight excluding hydrogens is 280 g/mol. The summed E-state index contributed by atoms with van der Waals surface area (Å²) in [4.78, 5) is 0. The smallest absolute Gasteiger partial charge is 0.191 e. The first-order chi connectivity index (χ1) is 10.4. The van der Waals surface area contributed by atoms with E-state index < -0.39 is 0 Å². The Hall–Kier alpha value is -0.550. The Labute approximate surface area is 132 Å². The Bertz CT molecular complexity index is 445. The number of nitrogens with zero attached hydrogens (tertiary/aromatic N) is 3. The molecule has 0 amide bonds. The highest BCUT2D eigenvalue weighted by Gasteiger charge is 2.28. The van der Waals surface area contributed by atoms with Gasteiger partial charge >= 0.3 is 0 Å². The van der Waals surface area contributed by atoms with Crippen LogP contribution >= 0.6 is 11.8 Å². The summed E-state index contributed by atoms with van der Waals surface area (Å²) in [6.45, 7) is 4.50. The van der Waals surface area contributed by atoms with Crippen molar-refractivity contribution in [2.45, 2.75) is 87.7 Å². The third-order valence-electron chi connectivity index (χ3n) is 4.69. The van der Waals surface area contributed by atoms with Crippen molar-refractivity contribution in [2.75, 3.05) is 6.54 Å². The molecule has 0 radical (unpaired) electrons. The maximum Gasteiger partial charge on any atom is 0.191 e. The van der Waals surface area contributed by atoms with E-state index in [0.29, 0.717) is 11.3 Å². The van der Waals surface area contributed by atoms with Gasteiger partial charge in [-0.1, -0.05) is 37.9 Å². The summed E-state index contributed by atoms with van der Waals surface area (Å²) < 4.78 is 2.39. The quantitative estimate of drug-likeness (QED) is 0.905. The van der Waals surface area contributed by atoms with Gasteiger partial charge in [0.05, 0.1) is 0 Å². The molecule has 2 heterocycles. The molecule has 1 fully saturated rings. The van der Waals surface area contributed by atoms with Crippen LogP contribution < -0.4 is 5.32 Å². The van der Waals surface area contributed by atoms with Gasteiger partial charge in [-0.15, -0.1) is 10.2 Å². The fraction of sp³-hybridized carbons (Fsp3) is 0.875. The van der Waals surface area contributed by atoms with E-state index in [1.165, 1.54) is 62.3 Å². The molecule has 1 saturated carbocycles. The molecule has 1 aliphatic heterocycles. The second-order valence-corrected chi connectivity index (χ2v) is 7.57. The molecule has 1 N–H and O–H groups in total. The van der Waals surface area contributed by atoms with Gasteiger partial charge in [0.25, 0.3) is 0 Å². The molecule has 2 atom stereocenters. The summed E-state index contributed by atoms with van der Waals surface area (Å²) in [5.74, 6) is 1.21. The molecule has 2 aliphatic rings. The zero-order chi connectivity index (χ0) is 14.5. The van der Waals surface area contributed by atoms with Crippen LogP contribution in [0.15, 0.2) is 5.16 Å². The van der Waals surface area contributed by atoms with Gasteiger partial charge in [0.2, 0.25) is 0 Å². The molecule has 4 nitrogen and oxygen atoms in total. The lowest BCUT2D eigenvalue weighted by Gasteiger charge is -2.31. The third kappa shape index (κ3) is 3.81. The lowest BCUT2D eigenvalue weighted by Crippen LogP contribution is -2.40. The fourth-order valence-electron chi connectivity index (χ4n) is 3.48. The zero-order valence-electron chi connectivity index (χ0n) is 13.2. The van der Waals surface area contributed by atoms with Gasteiger partial charge in [0.1, 0.15) is 5.82 Å². The summed E-state index contributed by atoms with van der Waals surface area (Å²) in [5.41, 5.74) is 0. The van der Waals surface area contributed by atoms with E-state index in [9.17, 15) is 0 Å². The van der Waals surface area contributed by atoms with E-state index in [0.717, 1.165) is 19.5 Å². The molecule has 3 rings (SSSR count). The minimum Gasteiger partial charge on any atom is -0.313 e. The number of aromatic nitrogens is 3. The highest BCUT2D eigenvalue weighted by atomic mass is 32.2. The number of aryl methyl sites for hydroxylation is 1. The average Bonchev–Trinajstić information content (AvgIpc) is 2.74. The Morgan fingerprint density at radius 1 is 1.14 bits per heavy atom. The first-order valence-corrected chi connectivity index (χ1v) is 9.58. The summed E-state index contributed by atoms with van der Waals surface area (Å²) >= 11 is 1.98. The van der Waals surface area contributed by atoms with Gasteiger partial charge in [0, 0.05) is 24.3 Å². The Balaban J connectivity index is 1.68. The van der Waals surface area contributed by atoms with E-state index in [1.54, 1.807) is 0 Å². The van der Waals surface area contributed by atoms with Crippen molar-refractivity contribution in [3.05, 3.63) is 5.82 Å². The van der Waals surface area contributed by atoms with Crippen molar-refractivity contribution in [3.63, 3.8) is 0 Å². The van der Waals surface area contributed by atoms with Crippen molar-refractivity contribution in [3.8, 4) is 0 Å². The minimum atomic E-state index is 0.655. The lowest BCUT2D eigenvalue weighted by atomic mass is 9.95. The zero-order valence-corrected chi connectivity index (χ0v) is 14.0. The molecule has 21 heavy (non-hydrogen) atoms. The van der Waals surface area contributed by atoms with Gasteiger partial charge in [-0.3, -0.25) is 0 Å². The summed E-state index contributed by atoms with van der Waals surface area (Å²) in [6, 6.07) is 0.655. The van der Waals surface area contributed by atoms with Gasteiger partial charge in [-0.05, 0) is 38.6 Å². The average molecular weight is 308 g/mol. The maximum absolute atomic E-state index is 4.50. The SMILES string of the molecule is CCCNC1CCCCC1Sc1nnc2n1CCCCC2. The van der Waals surface area contributed by atoms with E-state index in [-0.39, 0.29) is 0 Å². The molecule has 2 unspecified atom stereocenters. The van der Waals surface area contributed by atoms with Crippen LogP contribution in [0, 0.1) is 0 Å². The summed E-state index contributed by atoms with van der Waals surface area (Å²) in [5, 5.41) is 14.5. The van der Waals surface area contributed by atoms with Crippen molar-refractivity contribution >= 4 is 11.8 Å². The van der Waals surface area contributed by atoms with Crippen molar-refractivity contribution in [1.82, 2.24) is 20.1 Å². The molecule has 118 valence electrons. The van der Waals surface area contributed by atoms with E-state index >= 15 is 0 Å². The van der Waals surface area contributed by atoms with Crippen LogP contribution in [0.25, 0.3) is 0 Å². The monoisotopic (exact) mass is 308 g/mol. The normalized spacial score (nSPS) is 26.3. The molecule has 1 aromatic heterocycles. The number of nitrogens with one attached hydrogen (secondary N) is 1. The predicted octanol–water partition coefficient (Wildman–Crippen LogP) is 3.41.